The highest BCUT2D eigenvalue weighted by Crippen LogP contribution is 2.13. The largest absolute Gasteiger partial charge is 0.328 e. The van der Waals surface area contributed by atoms with Crippen molar-refractivity contribution in [1.29, 1.82) is 0 Å². The Bertz CT molecular complexity index is 159. The van der Waals surface area contributed by atoms with Gasteiger partial charge < -0.3 is 15.5 Å². The number of hydrogen-bond donors (Lipinski definition) is 1. The Hall–Kier alpha value is -0.120. The quantitative estimate of drug-likeness (QED) is 0.709. The minimum absolute atomic E-state index is 0.397. The highest BCUT2D eigenvalue weighted by molar-refractivity contribution is 4.81. The second kappa shape index (κ2) is 5.69. The third-order valence-corrected chi connectivity index (χ3v) is 3.32. The lowest BCUT2D eigenvalue weighted by Gasteiger charge is -2.21. The van der Waals surface area contributed by atoms with Crippen molar-refractivity contribution in [3.05, 3.63) is 0 Å². The van der Waals surface area contributed by atoms with Crippen LogP contribution < -0.4 is 5.73 Å². The summed E-state index contributed by atoms with van der Waals surface area (Å²) >= 11 is 0. The zero-order valence-corrected chi connectivity index (χ0v) is 9.87. The Morgan fingerprint density at radius 3 is 2.71 bits per heavy atom. The van der Waals surface area contributed by atoms with E-state index in [0.717, 1.165) is 18.9 Å². The van der Waals surface area contributed by atoms with E-state index in [9.17, 15) is 0 Å². The normalized spacial score (nSPS) is 25.9. The van der Waals surface area contributed by atoms with Crippen molar-refractivity contribution >= 4 is 0 Å². The zero-order chi connectivity index (χ0) is 10.6. The SMILES string of the molecule is CCC(N)CCN1CCC(N(C)C)C1. The average molecular weight is 199 g/mol. The summed E-state index contributed by atoms with van der Waals surface area (Å²) in [6.45, 7) is 5.82. The molecule has 2 unspecified atom stereocenters. The fraction of sp³-hybridized carbons (Fsp3) is 1.00. The molecule has 2 N–H and O–H groups in total. The number of likely N-dealkylation sites (tertiary alicyclic amines) is 1. The molecular formula is C11H25N3. The molecule has 1 heterocycles. The van der Waals surface area contributed by atoms with Crippen LogP contribution in [0, 0.1) is 0 Å². The van der Waals surface area contributed by atoms with Crippen molar-refractivity contribution in [2.24, 2.45) is 5.73 Å². The molecule has 0 aromatic heterocycles. The van der Waals surface area contributed by atoms with E-state index in [4.69, 9.17) is 5.73 Å². The van der Waals surface area contributed by atoms with Crippen LogP contribution in [0.15, 0.2) is 0 Å². The van der Waals surface area contributed by atoms with E-state index in [1.165, 1.54) is 26.1 Å². The Kier molecular flexibility index (Phi) is 4.85. The standard InChI is InChI=1S/C11H25N3/c1-4-10(12)5-7-14-8-6-11(9-14)13(2)3/h10-11H,4-9,12H2,1-3H3. The molecule has 1 saturated heterocycles. The van der Waals surface area contributed by atoms with Crippen LogP contribution in [-0.2, 0) is 0 Å². The van der Waals surface area contributed by atoms with Gasteiger partial charge >= 0.3 is 0 Å². The molecule has 0 spiro atoms. The number of likely N-dealkylation sites (N-methyl/N-ethyl adjacent to an activating group) is 1. The highest BCUT2D eigenvalue weighted by Gasteiger charge is 2.23. The van der Waals surface area contributed by atoms with Gasteiger partial charge in [-0.25, -0.2) is 0 Å². The van der Waals surface area contributed by atoms with Gasteiger partial charge in [0.25, 0.3) is 0 Å². The minimum Gasteiger partial charge on any atom is -0.328 e. The molecule has 0 aliphatic carbocycles. The van der Waals surface area contributed by atoms with E-state index in [-0.39, 0.29) is 0 Å². The number of rotatable bonds is 5. The summed E-state index contributed by atoms with van der Waals surface area (Å²) < 4.78 is 0. The molecule has 2 atom stereocenters. The van der Waals surface area contributed by atoms with Gasteiger partial charge in [0.1, 0.15) is 0 Å². The molecule has 0 aromatic carbocycles. The van der Waals surface area contributed by atoms with Gasteiger partial charge in [-0.05, 0) is 46.4 Å². The molecule has 3 heteroatoms. The molecule has 14 heavy (non-hydrogen) atoms. The van der Waals surface area contributed by atoms with E-state index < -0.39 is 0 Å². The van der Waals surface area contributed by atoms with Crippen molar-refractivity contribution in [2.45, 2.75) is 38.3 Å². The Labute approximate surface area is 88.2 Å². The first kappa shape index (κ1) is 12.0. The van der Waals surface area contributed by atoms with Crippen LogP contribution in [0.1, 0.15) is 26.2 Å². The maximum atomic E-state index is 5.91. The smallest absolute Gasteiger partial charge is 0.0229 e. The van der Waals surface area contributed by atoms with Gasteiger partial charge in [0.2, 0.25) is 0 Å². The molecule has 0 bridgehead atoms. The molecule has 1 aliphatic rings. The molecule has 0 radical (unpaired) electrons. The molecule has 84 valence electrons. The molecule has 0 saturated carbocycles. The first-order valence-electron chi connectivity index (χ1n) is 5.77. The Balaban J connectivity index is 2.16. The number of nitrogens with zero attached hydrogens (tertiary/aromatic N) is 2. The molecule has 1 aliphatic heterocycles. The molecule has 1 rings (SSSR count). The lowest BCUT2D eigenvalue weighted by atomic mass is 10.1. The highest BCUT2D eigenvalue weighted by atomic mass is 15.2. The van der Waals surface area contributed by atoms with Gasteiger partial charge in [-0.1, -0.05) is 6.92 Å². The van der Waals surface area contributed by atoms with E-state index in [2.05, 4.69) is 30.8 Å². The lowest BCUT2D eigenvalue weighted by molar-refractivity contribution is 0.263. The molecule has 1 fully saturated rings. The molecule has 3 nitrogen and oxygen atoms in total. The predicted molar refractivity (Wildman–Crippen MR) is 61.4 cm³/mol. The predicted octanol–water partition coefficient (Wildman–Crippen LogP) is 0.750. The summed E-state index contributed by atoms with van der Waals surface area (Å²) in [5.74, 6) is 0. The number of nitrogens with two attached hydrogens (primary N) is 1. The lowest BCUT2D eigenvalue weighted by Crippen LogP contribution is -2.33. The first-order valence-corrected chi connectivity index (χ1v) is 5.77. The Morgan fingerprint density at radius 2 is 2.21 bits per heavy atom. The van der Waals surface area contributed by atoms with Gasteiger partial charge in [-0.3, -0.25) is 0 Å². The fourth-order valence-electron chi connectivity index (χ4n) is 1.99. The topological polar surface area (TPSA) is 32.5 Å². The maximum Gasteiger partial charge on any atom is 0.0229 e. The molecule has 0 amide bonds. The van der Waals surface area contributed by atoms with E-state index in [1.807, 2.05) is 0 Å². The van der Waals surface area contributed by atoms with Crippen molar-refractivity contribution in [3.8, 4) is 0 Å². The third kappa shape index (κ3) is 3.56. The second-order valence-corrected chi connectivity index (χ2v) is 4.66. The maximum absolute atomic E-state index is 5.91. The van der Waals surface area contributed by atoms with Crippen molar-refractivity contribution < 1.29 is 0 Å². The van der Waals surface area contributed by atoms with Crippen LogP contribution in [0.25, 0.3) is 0 Å². The van der Waals surface area contributed by atoms with E-state index >= 15 is 0 Å². The van der Waals surface area contributed by atoms with Crippen LogP contribution in [0.3, 0.4) is 0 Å². The van der Waals surface area contributed by atoms with Crippen LogP contribution >= 0.6 is 0 Å². The van der Waals surface area contributed by atoms with Gasteiger partial charge in [0.05, 0.1) is 0 Å². The Morgan fingerprint density at radius 1 is 1.50 bits per heavy atom. The van der Waals surface area contributed by atoms with Gasteiger partial charge in [-0.2, -0.15) is 0 Å². The summed E-state index contributed by atoms with van der Waals surface area (Å²) in [6.07, 6.45) is 3.57. The average Bonchev–Trinajstić information content (AvgIpc) is 2.62. The minimum atomic E-state index is 0.397. The van der Waals surface area contributed by atoms with Crippen LogP contribution in [0.5, 0.6) is 0 Å². The van der Waals surface area contributed by atoms with Gasteiger partial charge in [0.15, 0.2) is 0 Å². The van der Waals surface area contributed by atoms with Crippen LogP contribution in [0.2, 0.25) is 0 Å². The van der Waals surface area contributed by atoms with Crippen LogP contribution in [-0.4, -0.2) is 55.6 Å². The summed E-state index contributed by atoms with van der Waals surface area (Å²) in [6, 6.07) is 1.15. The summed E-state index contributed by atoms with van der Waals surface area (Å²) in [5, 5.41) is 0. The van der Waals surface area contributed by atoms with Crippen molar-refractivity contribution in [2.75, 3.05) is 33.7 Å². The van der Waals surface area contributed by atoms with E-state index in [0.29, 0.717) is 6.04 Å². The number of hydrogen-bond acceptors (Lipinski definition) is 3. The monoisotopic (exact) mass is 199 g/mol. The summed E-state index contributed by atoms with van der Waals surface area (Å²) in [7, 11) is 4.35. The van der Waals surface area contributed by atoms with Gasteiger partial charge in [-0.15, -0.1) is 0 Å². The summed E-state index contributed by atoms with van der Waals surface area (Å²) in [4.78, 5) is 4.87. The van der Waals surface area contributed by atoms with Crippen LogP contribution in [0.4, 0.5) is 0 Å². The van der Waals surface area contributed by atoms with E-state index in [1.54, 1.807) is 0 Å². The first-order chi connectivity index (χ1) is 6.63. The second-order valence-electron chi connectivity index (χ2n) is 4.66. The fourth-order valence-corrected chi connectivity index (χ4v) is 1.99. The van der Waals surface area contributed by atoms with Gasteiger partial charge in [0, 0.05) is 18.6 Å². The summed E-state index contributed by atoms with van der Waals surface area (Å²) in [5.41, 5.74) is 5.91. The third-order valence-electron chi connectivity index (χ3n) is 3.32. The molecular weight excluding hydrogens is 174 g/mol. The van der Waals surface area contributed by atoms with Crippen molar-refractivity contribution in [1.82, 2.24) is 9.80 Å². The molecule has 0 aromatic rings. The van der Waals surface area contributed by atoms with Crippen molar-refractivity contribution in [3.63, 3.8) is 0 Å². The zero-order valence-electron chi connectivity index (χ0n) is 9.87.